The summed E-state index contributed by atoms with van der Waals surface area (Å²) in [6.45, 7) is 6.03. The number of benzene rings is 2. The van der Waals surface area contributed by atoms with Gasteiger partial charge in [0.2, 0.25) is 5.91 Å². The van der Waals surface area contributed by atoms with Crippen molar-refractivity contribution in [1.82, 2.24) is 4.90 Å². The summed E-state index contributed by atoms with van der Waals surface area (Å²) >= 11 is 0. The Morgan fingerprint density at radius 2 is 1.41 bits per heavy atom. The Bertz CT molecular complexity index is 1180. The first-order valence-corrected chi connectivity index (χ1v) is 18.0. The molecule has 1 N–H and O–H groups in total. The van der Waals surface area contributed by atoms with Crippen molar-refractivity contribution in [2.24, 2.45) is 0 Å². The number of carbonyl (C=O) groups excluding carboxylic acids is 2. The van der Waals surface area contributed by atoms with Crippen LogP contribution in [0.25, 0.3) is 0 Å². The Balaban J connectivity index is 1.42. The Morgan fingerprint density at radius 1 is 0.783 bits per heavy atom. The van der Waals surface area contributed by atoms with Gasteiger partial charge in [-0.3, -0.25) is 14.5 Å². The van der Waals surface area contributed by atoms with E-state index in [0.717, 1.165) is 35.2 Å². The van der Waals surface area contributed by atoms with Crippen molar-refractivity contribution in [3.63, 3.8) is 0 Å². The molecule has 0 spiro atoms. The molecule has 1 aliphatic rings. The minimum absolute atomic E-state index is 0.0733. The number of nitrogens with one attached hydrogen (secondary N) is 1. The van der Waals surface area contributed by atoms with Crippen LogP contribution in [0.3, 0.4) is 0 Å². The summed E-state index contributed by atoms with van der Waals surface area (Å²) in [7, 11) is 3.04. The van der Waals surface area contributed by atoms with Crippen molar-refractivity contribution >= 4 is 17.6 Å². The van der Waals surface area contributed by atoms with Crippen molar-refractivity contribution in [1.29, 1.82) is 0 Å². The molecular formula is C39H60N2O5. The molecule has 2 aromatic rings. The molecule has 0 saturated carbocycles. The third-order valence-electron chi connectivity index (χ3n) is 9.19. The Morgan fingerprint density at radius 3 is 2.00 bits per heavy atom. The van der Waals surface area contributed by atoms with Crippen LogP contribution >= 0.6 is 0 Å². The van der Waals surface area contributed by atoms with E-state index in [9.17, 15) is 9.59 Å². The van der Waals surface area contributed by atoms with Crippen LogP contribution < -0.4 is 14.8 Å². The summed E-state index contributed by atoms with van der Waals surface area (Å²) < 4.78 is 16.4. The molecule has 0 bridgehead atoms. The van der Waals surface area contributed by atoms with Crippen LogP contribution in [0.15, 0.2) is 36.4 Å². The number of esters is 1. The average Bonchev–Trinajstić information content (AvgIpc) is 3.50. The number of ether oxygens (including phenoxy) is 3. The third kappa shape index (κ3) is 12.6. The largest absolute Gasteiger partial charge is 0.493 e. The molecule has 0 saturated heterocycles. The molecule has 0 aromatic heterocycles. The number of hydrogen-bond acceptors (Lipinski definition) is 6. The van der Waals surface area contributed by atoms with Gasteiger partial charge in [0, 0.05) is 31.2 Å². The maximum Gasteiger partial charge on any atom is 0.307 e. The van der Waals surface area contributed by atoms with Gasteiger partial charge in [0.25, 0.3) is 0 Å². The van der Waals surface area contributed by atoms with Crippen molar-refractivity contribution in [3.05, 3.63) is 53.1 Å². The molecule has 2 aromatic carbocycles. The van der Waals surface area contributed by atoms with Gasteiger partial charge in [0.1, 0.15) is 0 Å². The first-order chi connectivity index (χ1) is 22.5. The van der Waals surface area contributed by atoms with Crippen LogP contribution in [0.4, 0.5) is 5.69 Å². The topological polar surface area (TPSA) is 77.1 Å². The highest BCUT2D eigenvalue weighted by Gasteiger charge is 2.31. The lowest BCUT2D eigenvalue weighted by Gasteiger charge is -2.28. The van der Waals surface area contributed by atoms with Crippen molar-refractivity contribution < 1.29 is 23.8 Å². The monoisotopic (exact) mass is 636 g/mol. The van der Waals surface area contributed by atoms with Crippen LogP contribution in [-0.2, 0) is 27.4 Å². The normalized spacial score (nSPS) is 13.3. The quantitative estimate of drug-likeness (QED) is 0.0913. The fourth-order valence-corrected chi connectivity index (χ4v) is 6.52. The number of anilines is 1. The molecule has 1 unspecified atom stereocenters. The summed E-state index contributed by atoms with van der Waals surface area (Å²) in [5, 5.41) is 3.19. The number of fused-ring (bicyclic) bond motifs is 1. The fourth-order valence-electron chi connectivity index (χ4n) is 6.52. The Labute approximate surface area is 278 Å². The van der Waals surface area contributed by atoms with E-state index in [-0.39, 0.29) is 24.3 Å². The van der Waals surface area contributed by atoms with Gasteiger partial charge < -0.3 is 19.5 Å². The summed E-state index contributed by atoms with van der Waals surface area (Å²) in [4.78, 5) is 27.7. The van der Waals surface area contributed by atoms with Crippen LogP contribution in [0.2, 0.25) is 0 Å². The number of carbonyl (C=O) groups is 2. The van der Waals surface area contributed by atoms with Crippen LogP contribution in [-0.4, -0.2) is 37.6 Å². The minimum atomic E-state index is -0.272. The highest BCUT2D eigenvalue weighted by atomic mass is 16.5. The van der Waals surface area contributed by atoms with Gasteiger partial charge >= 0.3 is 5.97 Å². The highest BCUT2D eigenvalue weighted by molar-refractivity contribution is 5.91. The first kappa shape index (κ1) is 37.4. The maximum atomic E-state index is 12.9. The fraction of sp³-hybridized carbons (Fsp3) is 0.641. The van der Waals surface area contributed by atoms with Crippen molar-refractivity contribution in [3.8, 4) is 11.5 Å². The zero-order valence-corrected chi connectivity index (χ0v) is 29.2. The number of amides is 1. The second kappa shape index (κ2) is 21.7. The second-order valence-electron chi connectivity index (χ2n) is 12.7. The molecule has 7 nitrogen and oxygen atoms in total. The zero-order chi connectivity index (χ0) is 33.0. The van der Waals surface area contributed by atoms with E-state index in [4.69, 9.17) is 14.2 Å². The lowest BCUT2D eigenvalue weighted by Crippen LogP contribution is -2.26. The van der Waals surface area contributed by atoms with Gasteiger partial charge in [-0.2, -0.15) is 0 Å². The zero-order valence-electron chi connectivity index (χ0n) is 29.2. The SMILES string of the molecule is CCCCCCCCCCCCCCCCCC(=O)Nc1cccc2c1CN(C(CC(=O)OC)c1ccc(OC)c(OCC)c1)C2. The van der Waals surface area contributed by atoms with E-state index in [1.807, 2.05) is 37.3 Å². The molecule has 1 atom stereocenters. The van der Waals surface area contributed by atoms with Crippen molar-refractivity contribution in [2.45, 2.75) is 142 Å². The van der Waals surface area contributed by atoms with Gasteiger partial charge in [-0.05, 0) is 48.2 Å². The Kier molecular flexibility index (Phi) is 17.6. The number of unbranched alkanes of at least 4 members (excludes halogenated alkanes) is 14. The first-order valence-electron chi connectivity index (χ1n) is 18.0. The number of methoxy groups -OCH3 is 2. The van der Waals surface area contributed by atoms with E-state index in [1.165, 1.54) is 90.6 Å². The standard InChI is InChI=1S/C39H60N2O5/c1-5-7-8-9-10-11-12-13-14-15-16-17-18-19-20-24-38(42)40-34-23-21-22-32-29-41(30-33(32)34)35(28-39(43)45-4)31-25-26-36(44-3)37(27-31)46-6-2/h21-23,25-27,35H,5-20,24,28-30H2,1-4H3,(H,40,42). The second-order valence-corrected chi connectivity index (χ2v) is 12.7. The molecule has 0 aliphatic carbocycles. The van der Waals surface area contributed by atoms with E-state index in [1.54, 1.807) is 7.11 Å². The summed E-state index contributed by atoms with van der Waals surface area (Å²) in [6.07, 6.45) is 20.4. The highest BCUT2D eigenvalue weighted by Crippen LogP contribution is 2.39. The Hall–Kier alpha value is -3.06. The van der Waals surface area contributed by atoms with Gasteiger partial charge in [0.15, 0.2) is 11.5 Å². The number of nitrogens with zero attached hydrogens (tertiary/aromatic N) is 1. The van der Waals surface area contributed by atoms with Crippen LogP contribution in [0, 0.1) is 0 Å². The molecule has 46 heavy (non-hydrogen) atoms. The van der Waals surface area contributed by atoms with Crippen LogP contribution in [0.1, 0.15) is 146 Å². The molecule has 1 amide bonds. The lowest BCUT2D eigenvalue weighted by atomic mass is 10.0. The smallest absolute Gasteiger partial charge is 0.307 e. The molecule has 1 heterocycles. The predicted molar refractivity (Wildman–Crippen MR) is 187 cm³/mol. The van der Waals surface area contributed by atoms with Gasteiger partial charge in [-0.1, -0.05) is 115 Å². The lowest BCUT2D eigenvalue weighted by molar-refractivity contribution is -0.142. The van der Waals surface area contributed by atoms with E-state index >= 15 is 0 Å². The average molecular weight is 637 g/mol. The molecule has 0 radical (unpaired) electrons. The molecule has 7 heteroatoms. The van der Waals surface area contributed by atoms with Gasteiger partial charge in [0.05, 0.1) is 27.2 Å². The summed E-state index contributed by atoms with van der Waals surface area (Å²) in [5.74, 6) is 1.11. The third-order valence-corrected chi connectivity index (χ3v) is 9.19. The van der Waals surface area contributed by atoms with E-state index in [0.29, 0.717) is 37.6 Å². The number of rotatable bonds is 24. The van der Waals surface area contributed by atoms with E-state index < -0.39 is 0 Å². The van der Waals surface area contributed by atoms with Crippen LogP contribution in [0.5, 0.6) is 11.5 Å². The summed E-state index contributed by atoms with van der Waals surface area (Å²) in [6, 6.07) is 11.7. The molecule has 256 valence electrons. The number of hydrogen-bond donors (Lipinski definition) is 1. The molecule has 3 rings (SSSR count). The maximum absolute atomic E-state index is 12.9. The molecule has 0 fully saturated rings. The molecule has 1 aliphatic heterocycles. The van der Waals surface area contributed by atoms with E-state index in [2.05, 4.69) is 23.2 Å². The summed E-state index contributed by atoms with van der Waals surface area (Å²) in [5.41, 5.74) is 4.10. The molecular weight excluding hydrogens is 576 g/mol. The minimum Gasteiger partial charge on any atom is -0.493 e. The van der Waals surface area contributed by atoms with Gasteiger partial charge in [-0.25, -0.2) is 0 Å². The van der Waals surface area contributed by atoms with Crippen molar-refractivity contribution in [2.75, 3.05) is 26.1 Å². The van der Waals surface area contributed by atoms with Gasteiger partial charge in [-0.15, -0.1) is 0 Å². The predicted octanol–water partition coefficient (Wildman–Crippen LogP) is 9.91.